The Balaban J connectivity index is 2.41. The zero-order chi connectivity index (χ0) is 12.9. The standard InChI is InChI=1S/C14H28N2O/c1-5-14(8-9-15-10-14)13(17)16-12(4)7-6-11(2)3/h11-12,15H,5-10H2,1-4H3,(H,16,17). The van der Waals surface area contributed by atoms with E-state index in [4.69, 9.17) is 0 Å². The van der Waals surface area contributed by atoms with Gasteiger partial charge in [0.15, 0.2) is 0 Å². The summed E-state index contributed by atoms with van der Waals surface area (Å²) in [6, 6.07) is 0.300. The highest BCUT2D eigenvalue weighted by Gasteiger charge is 2.39. The molecule has 3 heteroatoms. The summed E-state index contributed by atoms with van der Waals surface area (Å²) in [5.74, 6) is 0.962. The zero-order valence-electron chi connectivity index (χ0n) is 11.8. The number of hydrogen-bond donors (Lipinski definition) is 2. The first-order chi connectivity index (χ1) is 8.00. The lowest BCUT2D eigenvalue weighted by molar-refractivity contribution is -0.131. The van der Waals surface area contributed by atoms with E-state index < -0.39 is 0 Å². The molecule has 0 aromatic rings. The fourth-order valence-electron chi connectivity index (χ4n) is 2.43. The van der Waals surface area contributed by atoms with Crippen LogP contribution in [0.1, 0.15) is 53.4 Å². The van der Waals surface area contributed by atoms with Crippen molar-refractivity contribution in [2.24, 2.45) is 11.3 Å². The maximum absolute atomic E-state index is 12.3. The molecule has 17 heavy (non-hydrogen) atoms. The number of carbonyl (C=O) groups is 1. The van der Waals surface area contributed by atoms with Gasteiger partial charge in [0.2, 0.25) is 5.91 Å². The maximum atomic E-state index is 12.3. The van der Waals surface area contributed by atoms with Gasteiger partial charge in [-0.2, -0.15) is 0 Å². The van der Waals surface area contributed by atoms with Crippen molar-refractivity contribution in [1.82, 2.24) is 10.6 Å². The highest BCUT2D eigenvalue weighted by Crippen LogP contribution is 2.29. The number of rotatable bonds is 6. The van der Waals surface area contributed by atoms with Gasteiger partial charge in [-0.1, -0.05) is 20.8 Å². The van der Waals surface area contributed by atoms with Crippen LogP contribution in [0, 0.1) is 11.3 Å². The predicted octanol–water partition coefficient (Wildman–Crippen LogP) is 2.32. The van der Waals surface area contributed by atoms with E-state index >= 15 is 0 Å². The van der Waals surface area contributed by atoms with Crippen molar-refractivity contribution in [1.29, 1.82) is 0 Å². The molecule has 1 heterocycles. The smallest absolute Gasteiger partial charge is 0.227 e. The van der Waals surface area contributed by atoms with Gasteiger partial charge in [-0.05, 0) is 45.1 Å². The Bertz CT molecular complexity index is 245. The van der Waals surface area contributed by atoms with Gasteiger partial charge in [0, 0.05) is 12.6 Å². The fourth-order valence-corrected chi connectivity index (χ4v) is 2.43. The third kappa shape index (κ3) is 3.98. The van der Waals surface area contributed by atoms with Gasteiger partial charge in [-0.15, -0.1) is 0 Å². The summed E-state index contributed by atoms with van der Waals surface area (Å²) in [6.07, 6.45) is 4.17. The van der Waals surface area contributed by atoms with Crippen molar-refractivity contribution in [3.63, 3.8) is 0 Å². The molecule has 0 aromatic carbocycles. The molecule has 0 aromatic heterocycles. The average molecular weight is 240 g/mol. The minimum atomic E-state index is -0.147. The second kappa shape index (κ2) is 6.39. The molecule has 0 spiro atoms. The minimum absolute atomic E-state index is 0.147. The molecule has 1 aliphatic rings. The Morgan fingerprint density at radius 3 is 2.53 bits per heavy atom. The van der Waals surface area contributed by atoms with Crippen molar-refractivity contribution < 1.29 is 4.79 Å². The van der Waals surface area contributed by atoms with E-state index in [0.717, 1.165) is 32.4 Å². The first kappa shape index (κ1) is 14.5. The molecule has 0 saturated carbocycles. The van der Waals surface area contributed by atoms with Crippen LogP contribution in [0.15, 0.2) is 0 Å². The van der Waals surface area contributed by atoms with Gasteiger partial charge in [-0.3, -0.25) is 4.79 Å². The van der Waals surface area contributed by atoms with Crippen molar-refractivity contribution in [2.45, 2.75) is 59.4 Å². The topological polar surface area (TPSA) is 41.1 Å². The summed E-state index contributed by atoms with van der Waals surface area (Å²) in [4.78, 5) is 12.3. The van der Waals surface area contributed by atoms with Gasteiger partial charge in [0.25, 0.3) is 0 Å². The van der Waals surface area contributed by atoms with E-state index in [9.17, 15) is 4.79 Å². The van der Waals surface area contributed by atoms with Crippen LogP contribution in [-0.2, 0) is 4.79 Å². The third-order valence-corrected chi connectivity index (χ3v) is 3.96. The molecule has 2 atom stereocenters. The Morgan fingerprint density at radius 2 is 2.06 bits per heavy atom. The molecule has 1 saturated heterocycles. The molecule has 1 amide bonds. The van der Waals surface area contributed by atoms with Crippen molar-refractivity contribution >= 4 is 5.91 Å². The van der Waals surface area contributed by atoms with E-state index in [1.165, 1.54) is 6.42 Å². The number of hydrogen-bond acceptors (Lipinski definition) is 2. The highest BCUT2D eigenvalue weighted by molar-refractivity contribution is 5.83. The molecule has 1 fully saturated rings. The van der Waals surface area contributed by atoms with Crippen LogP contribution in [-0.4, -0.2) is 25.0 Å². The predicted molar refractivity (Wildman–Crippen MR) is 71.9 cm³/mol. The van der Waals surface area contributed by atoms with Crippen LogP contribution >= 0.6 is 0 Å². The zero-order valence-corrected chi connectivity index (χ0v) is 11.8. The van der Waals surface area contributed by atoms with Gasteiger partial charge in [0.05, 0.1) is 5.41 Å². The summed E-state index contributed by atoms with van der Waals surface area (Å²) in [5, 5.41) is 6.50. The van der Waals surface area contributed by atoms with Crippen LogP contribution in [0.4, 0.5) is 0 Å². The summed E-state index contributed by atoms with van der Waals surface area (Å²) in [7, 11) is 0. The Labute approximate surface area is 106 Å². The van der Waals surface area contributed by atoms with E-state index in [1.54, 1.807) is 0 Å². The fraction of sp³-hybridized carbons (Fsp3) is 0.929. The van der Waals surface area contributed by atoms with Gasteiger partial charge in [-0.25, -0.2) is 0 Å². The average Bonchev–Trinajstić information content (AvgIpc) is 2.76. The normalized spacial score (nSPS) is 26.2. The van der Waals surface area contributed by atoms with Crippen molar-refractivity contribution in [2.75, 3.05) is 13.1 Å². The summed E-state index contributed by atoms with van der Waals surface area (Å²) in [5.41, 5.74) is -0.147. The monoisotopic (exact) mass is 240 g/mol. The lowest BCUT2D eigenvalue weighted by Crippen LogP contribution is -2.45. The van der Waals surface area contributed by atoms with Crippen LogP contribution < -0.4 is 10.6 Å². The van der Waals surface area contributed by atoms with Gasteiger partial charge in [0.1, 0.15) is 0 Å². The Morgan fingerprint density at radius 1 is 1.35 bits per heavy atom. The molecule has 1 aliphatic heterocycles. The second-order valence-corrected chi connectivity index (χ2v) is 5.91. The SMILES string of the molecule is CCC1(C(=O)NC(C)CCC(C)C)CCNC1. The number of amides is 1. The Hall–Kier alpha value is -0.570. The summed E-state index contributed by atoms with van der Waals surface area (Å²) in [6.45, 7) is 10.5. The quantitative estimate of drug-likeness (QED) is 0.748. The second-order valence-electron chi connectivity index (χ2n) is 5.91. The molecular weight excluding hydrogens is 212 g/mol. The van der Waals surface area contributed by atoms with Crippen molar-refractivity contribution in [3.8, 4) is 0 Å². The molecule has 100 valence electrons. The van der Waals surface area contributed by atoms with E-state index in [-0.39, 0.29) is 11.3 Å². The van der Waals surface area contributed by atoms with Crippen LogP contribution in [0.3, 0.4) is 0 Å². The molecule has 3 nitrogen and oxygen atoms in total. The first-order valence-corrected chi connectivity index (χ1v) is 7.02. The molecule has 2 unspecified atom stereocenters. The van der Waals surface area contributed by atoms with Crippen LogP contribution in [0.2, 0.25) is 0 Å². The summed E-state index contributed by atoms with van der Waals surface area (Å²) < 4.78 is 0. The molecule has 1 rings (SSSR count). The molecule has 0 bridgehead atoms. The molecule has 0 radical (unpaired) electrons. The number of nitrogens with one attached hydrogen (secondary N) is 2. The van der Waals surface area contributed by atoms with Gasteiger partial charge < -0.3 is 10.6 Å². The first-order valence-electron chi connectivity index (χ1n) is 7.02. The maximum Gasteiger partial charge on any atom is 0.227 e. The molecule has 2 N–H and O–H groups in total. The van der Waals surface area contributed by atoms with Crippen molar-refractivity contribution in [3.05, 3.63) is 0 Å². The van der Waals surface area contributed by atoms with Gasteiger partial charge >= 0.3 is 0 Å². The lowest BCUT2D eigenvalue weighted by atomic mass is 9.83. The minimum Gasteiger partial charge on any atom is -0.353 e. The summed E-state index contributed by atoms with van der Waals surface area (Å²) >= 11 is 0. The highest BCUT2D eigenvalue weighted by atomic mass is 16.2. The Kier molecular flexibility index (Phi) is 5.44. The third-order valence-electron chi connectivity index (χ3n) is 3.96. The molecular formula is C14H28N2O. The lowest BCUT2D eigenvalue weighted by Gasteiger charge is -2.27. The number of carbonyl (C=O) groups excluding carboxylic acids is 1. The van der Waals surface area contributed by atoms with Crippen LogP contribution in [0.5, 0.6) is 0 Å². The largest absolute Gasteiger partial charge is 0.353 e. The van der Waals surface area contributed by atoms with E-state index in [1.807, 2.05) is 0 Å². The van der Waals surface area contributed by atoms with E-state index in [2.05, 4.69) is 38.3 Å². The van der Waals surface area contributed by atoms with Crippen LogP contribution in [0.25, 0.3) is 0 Å². The van der Waals surface area contributed by atoms with E-state index in [0.29, 0.717) is 12.0 Å². The molecule has 0 aliphatic carbocycles.